The minimum atomic E-state index is -3.11. The van der Waals surface area contributed by atoms with Crippen molar-refractivity contribution in [1.82, 2.24) is 4.31 Å². The average Bonchev–Trinajstić information content (AvgIpc) is 2.36. The van der Waals surface area contributed by atoms with Crippen molar-refractivity contribution in [3.8, 4) is 0 Å². The predicted octanol–water partition coefficient (Wildman–Crippen LogP) is -0.465. The van der Waals surface area contributed by atoms with E-state index in [2.05, 4.69) is 6.58 Å². The summed E-state index contributed by atoms with van der Waals surface area (Å²) < 4.78 is 24.2. The Morgan fingerprint density at radius 2 is 2.33 bits per heavy atom. The fourth-order valence-electron chi connectivity index (χ4n) is 1.26. The lowest BCUT2D eigenvalue weighted by molar-refractivity contribution is 0.475. The summed E-state index contributed by atoms with van der Waals surface area (Å²) in [5.74, 6) is 0.0136. The second-order valence-corrected chi connectivity index (χ2v) is 4.99. The van der Waals surface area contributed by atoms with Gasteiger partial charge in [0, 0.05) is 19.1 Å². The van der Waals surface area contributed by atoms with Crippen LogP contribution >= 0.6 is 0 Å². The average molecular weight is 190 g/mol. The maximum atomic E-state index is 11.4. The predicted molar refractivity (Wildman–Crippen MR) is 48.1 cm³/mol. The van der Waals surface area contributed by atoms with E-state index in [1.807, 2.05) is 0 Å². The lowest BCUT2D eigenvalue weighted by atomic mass is 10.3. The number of hydrogen-bond donors (Lipinski definition) is 1. The van der Waals surface area contributed by atoms with Crippen LogP contribution < -0.4 is 5.73 Å². The molecule has 0 aromatic heterocycles. The van der Waals surface area contributed by atoms with Crippen LogP contribution in [-0.2, 0) is 10.0 Å². The SMILES string of the molecule is C=CCS(=O)(=O)N1CC[C@@H](N)C1. The van der Waals surface area contributed by atoms with Gasteiger partial charge in [0.25, 0.3) is 0 Å². The van der Waals surface area contributed by atoms with E-state index in [0.29, 0.717) is 13.1 Å². The molecule has 1 aliphatic heterocycles. The Morgan fingerprint density at radius 3 is 2.75 bits per heavy atom. The van der Waals surface area contributed by atoms with Crippen LogP contribution in [0.15, 0.2) is 12.7 Å². The van der Waals surface area contributed by atoms with Gasteiger partial charge in [-0.25, -0.2) is 12.7 Å². The van der Waals surface area contributed by atoms with E-state index in [1.165, 1.54) is 10.4 Å². The molecule has 1 saturated heterocycles. The van der Waals surface area contributed by atoms with Gasteiger partial charge in [0.15, 0.2) is 0 Å². The fourth-order valence-corrected chi connectivity index (χ4v) is 2.57. The van der Waals surface area contributed by atoms with Gasteiger partial charge >= 0.3 is 0 Å². The number of rotatable bonds is 3. The van der Waals surface area contributed by atoms with Gasteiger partial charge in [0.1, 0.15) is 0 Å². The third-order valence-electron chi connectivity index (χ3n) is 1.91. The molecule has 1 heterocycles. The van der Waals surface area contributed by atoms with Crippen molar-refractivity contribution >= 4 is 10.0 Å². The summed E-state index contributed by atoms with van der Waals surface area (Å²) >= 11 is 0. The van der Waals surface area contributed by atoms with Crippen LogP contribution in [0.2, 0.25) is 0 Å². The van der Waals surface area contributed by atoms with Gasteiger partial charge in [0.2, 0.25) is 10.0 Å². The second-order valence-electron chi connectivity index (χ2n) is 2.97. The highest BCUT2D eigenvalue weighted by molar-refractivity contribution is 7.89. The molecule has 0 bridgehead atoms. The van der Waals surface area contributed by atoms with Crippen LogP contribution in [0.3, 0.4) is 0 Å². The van der Waals surface area contributed by atoms with Crippen molar-refractivity contribution < 1.29 is 8.42 Å². The summed E-state index contributed by atoms with van der Waals surface area (Å²) in [6.07, 6.45) is 2.16. The lowest BCUT2D eigenvalue weighted by Gasteiger charge is -2.13. The molecule has 0 aromatic rings. The molecule has 4 nitrogen and oxygen atoms in total. The van der Waals surface area contributed by atoms with Gasteiger partial charge in [0.05, 0.1) is 5.75 Å². The first-order valence-corrected chi connectivity index (χ1v) is 5.51. The highest BCUT2D eigenvalue weighted by Crippen LogP contribution is 2.12. The van der Waals surface area contributed by atoms with E-state index in [1.54, 1.807) is 0 Å². The first-order valence-electron chi connectivity index (χ1n) is 3.90. The van der Waals surface area contributed by atoms with E-state index < -0.39 is 10.0 Å². The van der Waals surface area contributed by atoms with Crippen LogP contribution in [0.5, 0.6) is 0 Å². The van der Waals surface area contributed by atoms with E-state index in [4.69, 9.17) is 5.73 Å². The third kappa shape index (κ3) is 2.06. The smallest absolute Gasteiger partial charge is 0.217 e. The molecular weight excluding hydrogens is 176 g/mol. The third-order valence-corrected chi connectivity index (χ3v) is 3.68. The Balaban J connectivity index is 2.64. The zero-order valence-electron chi connectivity index (χ0n) is 6.94. The Kier molecular flexibility index (Phi) is 2.87. The van der Waals surface area contributed by atoms with E-state index >= 15 is 0 Å². The molecule has 0 aromatic carbocycles. The number of nitrogens with two attached hydrogens (primary N) is 1. The van der Waals surface area contributed by atoms with E-state index in [9.17, 15) is 8.42 Å². The fraction of sp³-hybridized carbons (Fsp3) is 0.714. The molecule has 1 atom stereocenters. The van der Waals surface area contributed by atoms with E-state index in [0.717, 1.165) is 6.42 Å². The Hall–Kier alpha value is -0.390. The molecule has 0 spiro atoms. The highest BCUT2D eigenvalue weighted by atomic mass is 32.2. The quantitative estimate of drug-likeness (QED) is 0.612. The van der Waals surface area contributed by atoms with Crippen molar-refractivity contribution in [2.75, 3.05) is 18.8 Å². The zero-order valence-corrected chi connectivity index (χ0v) is 7.76. The van der Waals surface area contributed by atoms with Crippen molar-refractivity contribution in [3.63, 3.8) is 0 Å². The Morgan fingerprint density at radius 1 is 1.67 bits per heavy atom. The molecule has 1 aliphatic rings. The molecule has 1 fully saturated rings. The van der Waals surface area contributed by atoms with Crippen molar-refractivity contribution in [2.24, 2.45) is 5.73 Å². The molecule has 70 valence electrons. The number of nitrogens with zero attached hydrogens (tertiary/aromatic N) is 1. The van der Waals surface area contributed by atoms with Gasteiger partial charge < -0.3 is 5.73 Å². The highest BCUT2D eigenvalue weighted by Gasteiger charge is 2.28. The largest absolute Gasteiger partial charge is 0.326 e. The monoisotopic (exact) mass is 190 g/mol. The number of sulfonamides is 1. The van der Waals surface area contributed by atoms with Crippen molar-refractivity contribution in [1.29, 1.82) is 0 Å². The summed E-state index contributed by atoms with van der Waals surface area (Å²) in [6, 6.07) is 0.00425. The molecule has 12 heavy (non-hydrogen) atoms. The molecule has 0 unspecified atom stereocenters. The topological polar surface area (TPSA) is 63.4 Å². The first kappa shape index (κ1) is 9.70. The summed E-state index contributed by atoms with van der Waals surface area (Å²) in [6.45, 7) is 4.41. The van der Waals surface area contributed by atoms with Crippen LogP contribution in [0.1, 0.15) is 6.42 Å². The minimum Gasteiger partial charge on any atom is -0.326 e. The Labute approximate surface area is 73.1 Å². The molecule has 0 aliphatic carbocycles. The van der Waals surface area contributed by atoms with Crippen molar-refractivity contribution in [3.05, 3.63) is 12.7 Å². The lowest BCUT2D eigenvalue weighted by Crippen LogP contribution is -2.33. The summed E-state index contributed by atoms with van der Waals surface area (Å²) in [5.41, 5.74) is 5.59. The summed E-state index contributed by atoms with van der Waals surface area (Å²) in [5, 5.41) is 0. The molecule has 0 radical (unpaired) electrons. The maximum absolute atomic E-state index is 11.4. The van der Waals surface area contributed by atoms with Crippen LogP contribution in [0, 0.1) is 0 Å². The zero-order chi connectivity index (χ0) is 9.19. The van der Waals surface area contributed by atoms with Crippen LogP contribution in [0.25, 0.3) is 0 Å². The van der Waals surface area contributed by atoms with E-state index in [-0.39, 0.29) is 11.8 Å². The normalized spacial score (nSPS) is 25.9. The molecular formula is C7H14N2O2S. The van der Waals surface area contributed by atoms with Crippen molar-refractivity contribution in [2.45, 2.75) is 12.5 Å². The van der Waals surface area contributed by atoms with Gasteiger partial charge in [-0.15, -0.1) is 6.58 Å². The Bertz CT molecular complexity index is 261. The molecule has 0 saturated carbocycles. The van der Waals surface area contributed by atoms with Gasteiger partial charge in [-0.1, -0.05) is 6.08 Å². The summed E-state index contributed by atoms with van der Waals surface area (Å²) in [4.78, 5) is 0. The standard InChI is InChI=1S/C7H14N2O2S/c1-2-5-12(10,11)9-4-3-7(8)6-9/h2,7H,1,3-6,8H2/t7-/m1/s1. The summed E-state index contributed by atoms with van der Waals surface area (Å²) in [7, 11) is -3.11. The molecule has 0 amide bonds. The van der Waals surface area contributed by atoms with Crippen LogP contribution in [0.4, 0.5) is 0 Å². The number of hydrogen-bond acceptors (Lipinski definition) is 3. The second kappa shape index (κ2) is 3.55. The van der Waals surface area contributed by atoms with Gasteiger partial charge in [-0.05, 0) is 6.42 Å². The first-order chi connectivity index (χ1) is 5.56. The molecule has 1 rings (SSSR count). The van der Waals surface area contributed by atoms with Crippen LogP contribution in [-0.4, -0.2) is 37.6 Å². The molecule has 5 heteroatoms. The maximum Gasteiger partial charge on any atom is 0.217 e. The molecule has 2 N–H and O–H groups in total. The minimum absolute atomic E-state index is 0.00425. The van der Waals surface area contributed by atoms with Gasteiger partial charge in [-0.2, -0.15) is 0 Å². The van der Waals surface area contributed by atoms with Gasteiger partial charge in [-0.3, -0.25) is 0 Å².